The smallest absolute Gasteiger partial charge is 0.323 e. The fraction of sp³-hybridized carbons (Fsp3) is 0.417. The largest absolute Gasteiger partial charge is 0.337 e. The number of urea groups is 1. The maximum atomic E-state index is 12.0. The van der Waals surface area contributed by atoms with Gasteiger partial charge in [-0.3, -0.25) is 0 Å². The third kappa shape index (κ3) is 1.87. The average Bonchev–Trinajstić information content (AvgIpc) is 3.02. The summed E-state index contributed by atoms with van der Waals surface area (Å²) in [7, 11) is 3.52. The van der Waals surface area contributed by atoms with Crippen LogP contribution in [0.15, 0.2) is 16.5 Å². The summed E-state index contributed by atoms with van der Waals surface area (Å²) in [4.78, 5) is 16.3. The van der Waals surface area contributed by atoms with Gasteiger partial charge in [-0.05, 0) is 36.2 Å². The van der Waals surface area contributed by atoms with E-state index in [2.05, 4.69) is 10.4 Å². The number of rotatable bonds is 2. The van der Waals surface area contributed by atoms with Crippen LogP contribution >= 0.6 is 23.6 Å². The van der Waals surface area contributed by atoms with Crippen molar-refractivity contribution in [3.05, 3.63) is 21.9 Å². The van der Waals surface area contributed by atoms with Crippen molar-refractivity contribution >= 4 is 40.9 Å². The first-order valence-electron chi connectivity index (χ1n) is 6.18. The maximum Gasteiger partial charge on any atom is 0.323 e. The van der Waals surface area contributed by atoms with Crippen LogP contribution in [0.4, 0.5) is 4.79 Å². The number of thiocarbonyl (C=S) groups is 1. The monoisotopic (exact) mass is 309 g/mol. The summed E-state index contributed by atoms with van der Waals surface area (Å²) < 4.78 is 0. The molecule has 2 aliphatic rings. The van der Waals surface area contributed by atoms with Gasteiger partial charge in [-0.2, -0.15) is 5.10 Å². The molecule has 6 nitrogen and oxygen atoms in total. The molecule has 8 heteroatoms. The highest BCUT2D eigenvalue weighted by Crippen LogP contribution is 2.27. The summed E-state index contributed by atoms with van der Waals surface area (Å²) in [6.45, 7) is 2.04. The molecule has 0 aliphatic carbocycles. The van der Waals surface area contributed by atoms with E-state index in [0.29, 0.717) is 5.11 Å². The topological polar surface area (TPSA) is 51.2 Å². The second-order valence-corrected chi connectivity index (χ2v) is 6.20. The van der Waals surface area contributed by atoms with E-state index in [-0.39, 0.29) is 18.4 Å². The Labute approximate surface area is 126 Å². The van der Waals surface area contributed by atoms with Gasteiger partial charge in [0.1, 0.15) is 6.17 Å². The quantitative estimate of drug-likeness (QED) is 0.659. The summed E-state index contributed by atoms with van der Waals surface area (Å²) in [5, 5.41) is 11.9. The zero-order valence-corrected chi connectivity index (χ0v) is 13.0. The normalized spacial score (nSPS) is 25.9. The molecule has 0 radical (unpaired) electrons. The Morgan fingerprint density at radius 3 is 2.85 bits per heavy atom. The van der Waals surface area contributed by atoms with Crippen LogP contribution in [0.1, 0.15) is 10.4 Å². The Balaban J connectivity index is 1.86. The number of carbonyl (C=O) groups excluding carboxylic acids is 1. The molecule has 2 unspecified atom stereocenters. The van der Waals surface area contributed by atoms with Crippen LogP contribution in [-0.4, -0.2) is 58.6 Å². The molecule has 1 aromatic heterocycles. The van der Waals surface area contributed by atoms with E-state index in [9.17, 15) is 4.79 Å². The molecule has 0 aromatic carbocycles. The molecule has 2 amide bonds. The lowest BCUT2D eigenvalue weighted by Crippen LogP contribution is -2.41. The first-order chi connectivity index (χ1) is 9.50. The molecule has 1 N–H and O–H groups in total. The number of likely N-dealkylation sites (N-methyl/N-ethyl adjacent to an activating group) is 2. The van der Waals surface area contributed by atoms with Crippen molar-refractivity contribution in [2.45, 2.75) is 19.3 Å². The molecule has 0 spiro atoms. The minimum atomic E-state index is -0.198. The number of fused-ring (bicyclic) bond motifs is 1. The minimum absolute atomic E-state index is 0.0393. The van der Waals surface area contributed by atoms with E-state index in [4.69, 9.17) is 12.2 Å². The summed E-state index contributed by atoms with van der Waals surface area (Å²) in [6, 6.07) is 2.01. The Morgan fingerprint density at radius 1 is 1.45 bits per heavy atom. The van der Waals surface area contributed by atoms with E-state index in [1.165, 1.54) is 5.56 Å². The fourth-order valence-corrected chi connectivity index (χ4v) is 3.48. The van der Waals surface area contributed by atoms with Crippen molar-refractivity contribution in [3.8, 4) is 0 Å². The van der Waals surface area contributed by atoms with E-state index in [0.717, 1.165) is 4.88 Å². The van der Waals surface area contributed by atoms with Gasteiger partial charge in [-0.15, -0.1) is 11.3 Å². The van der Waals surface area contributed by atoms with Crippen LogP contribution < -0.4 is 5.32 Å². The zero-order chi connectivity index (χ0) is 14.4. The lowest BCUT2D eigenvalue weighted by molar-refractivity contribution is 0.174. The lowest BCUT2D eigenvalue weighted by atomic mass is 10.3. The molecule has 106 valence electrons. The molecular weight excluding hydrogens is 294 g/mol. The fourth-order valence-electron chi connectivity index (χ4n) is 2.43. The number of thiophene rings is 1. The number of hydrogen-bond acceptors (Lipinski definition) is 4. The van der Waals surface area contributed by atoms with Crippen molar-refractivity contribution in [3.63, 3.8) is 0 Å². The van der Waals surface area contributed by atoms with Gasteiger partial charge in [0.15, 0.2) is 11.3 Å². The molecule has 3 heterocycles. The molecule has 3 rings (SSSR count). The summed E-state index contributed by atoms with van der Waals surface area (Å²) >= 11 is 6.94. The molecule has 2 fully saturated rings. The van der Waals surface area contributed by atoms with Gasteiger partial charge in [0.25, 0.3) is 0 Å². The Kier molecular flexibility index (Phi) is 3.14. The molecule has 20 heavy (non-hydrogen) atoms. The highest BCUT2D eigenvalue weighted by molar-refractivity contribution is 7.80. The number of carbonyl (C=O) groups is 1. The standard InChI is InChI=1S/C12H15N5OS2/c1-7-4-5-20-8(7)6-13-17-10-9(14-11(17)19)15(2)12(18)16(10)3/h4-6,9-10H,1-3H3,(H,14,19)/b13-6+. The van der Waals surface area contributed by atoms with Gasteiger partial charge in [0, 0.05) is 19.0 Å². The molecule has 2 aliphatic heterocycles. The van der Waals surface area contributed by atoms with Crippen molar-refractivity contribution in [1.82, 2.24) is 20.1 Å². The maximum absolute atomic E-state index is 12.0. The van der Waals surface area contributed by atoms with Gasteiger partial charge < -0.3 is 15.1 Å². The third-order valence-corrected chi connectivity index (χ3v) is 4.89. The molecule has 0 bridgehead atoms. The highest BCUT2D eigenvalue weighted by atomic mass is 32.1. The van der Waals surface area contributed by atoms with Crippen molar-refractivity contribution in [2.75, 3.05) is 14.1 Å². The number of hydrazone groups is 1. The predicted octanol–water partition coefficient (Wildman–Crippen LogP) is 1.23. The van der Waals surface area contributed by atoms with Crippen LogP contribution in [0.25, 0.3) is 0 Å². The minimum Gasteiger partial charge on any atom is -0.337 e. The highest BCUT2D eigenvalue weighted by Gasteiger charge is 2.51. The number of nitrogens with one attached hydrogen (secondary N) is 1. The number of amides is 2. The third-order valence-electron chi connectivity index (χ3n) is 3.63. The van der Waals surface area contributed by atoms with Crippen LogP contribution in [0.5, 0.6) is 0 Å². The first-order valence-corrected chi connectivity index (χ1v) is 7.47. The first kappa shape index (κ1) is 13.3. The van der Waals surface area contributed by atoms with E-state index < -0.39 is 0 Å². The van der Waals surface area contributed by atoms with E-state index in [1.54, 1.807) is 46.5 Å². The van der Waals surface area contributed by atoms with Crippen molar-refractivity contribution in [1.29, 1.82) is 0 Å². The number of aryl methyl sites for hydroxylation is 1. The lowest BCUT2D eigenvalue weighted by Gasteiger charge is -2.23. The van der Waals surface area contributed by atoms with Crippen molar-refractivity contribution in [2.24, 2.45) is 5.10 Å². The summed E-state index contributed by atoms with van der Waals surface area (Å²) in [5.74, 6) is 0. The SMILES string of the molecule is Cc1ccsc1/C=N/N1C(=S)NC2C1N(C)C(=O)N2C. The second kappa shape index (κ2) is 4.71. The zero-order valence-electron chi connectivity index (χ0n) is 11.4. The van der Waals surface area contributed by atoms with Crippen LogP contribution in [0, 0.1) is 6.92 Å². The Morgan fingerprint density at radius 2 is 2.20 bits per heavy atom. The summed E-state index contributed by atoms with van der Waals surface area (Å²) in [5.41, 5.74) is 1.18. The van der Waals surface area contributed by atoms with Gasteiger partial charge in [0.2, 0.25) is 0 Å². The van der Waals surface area contributed by atoms with Crippen LogP contribution in [0.2, 0.25) is 0 Å². The Hall–Kier alpha value is -1.67. The predicted molar refractivity (Wildman–Crippen MR) is 82.7 cm³/mol. The molecule has 2 atom stereocenters. The van der Waals surface area contributed by atoms with Gasteiger partial charge in [-0.1, -0.05) is 0 Å². The average molecular weight is 309 g/mol. The van der Waals surface area contributed by atoms with E-state index in [1.807, 2.05) is 18.4 Å². The second-order valence-electron chi connectivity index (χ2n) is 4.87. The van der Waals surface area contributed by atoms with Crippen molar-refractivity contribution < 1.29 is 4.79 Å². The molecular formula is C12H15N5OS2. The summed E-state index contributed by atoms with van der Waals surface area (Å²) in [6.07, 6.45) is 1.45. The van der Waals surface area contributed by atoms with Crippen LogP contribution in [0.3, 0.4) is 0 Å². The van der Waals surface area contributed by atoms with Crippen LogP contribution in [-0.2, 0) is 0 Å². The van der Waals surface area contributed by atoms with E-state index >= 15 is 0 Å². The molecule has 2 saturated heterocycles. The Bertz CT molecular complexity index is 598. The van der Waals surface area contributed by atoms with Gasteiger partial charge in [0.05, 0.1) is 6.21 Å². The number of nitrogens with zero attached hydrogens (tertiary/aromatic N) is 4. The molecule has 0 saturated carbocycles. The van der Waals surface area contributed by atoms with Gasteiger partial charge >= 0.3 is 6.03 Å². The molecule has 1 aromatic rings. The van der Waals surface area contributed by atoms with Gasteiger partial charge in [-0.25, -0.2) is 9.80 Å². The number of hydrogen-bond donors (Lipinski definition) is 1.